The van der Waals surface area contributed by atoms with Crippen molar-refractivity contribution in [1.29, 1.82) is 0 Å². The fourth-order valence-electron chi connectivity index (χ4n) is 10.8. The van der Waals surface area contributed by atoms with Crippen molar-refractivity contribution in [2.75, 3.05) is 39.6 Å². The molecule has 0 aliphatic heterocycles. The number of aliphatic hydroxyl groups excluding tert-OH is 1. The van der Waals surface area contributed by atoms with Crippen LogP contribution in [0.2, 0.25) is 0 Å². The first-order chi connectivity index (χ1) is 43.8. The van der Waals surface area contributed by atoms with Gasteiger partial charge in [0, 0.05) is 25.7 Å². The molecule has 0 amide bonds. The molecule has 4 unspecified atom stereocenters. The Balaban J connectivity index is 5.26. The summed E-state index contributed by atoms with van der Waals surface area (Å²) >= 11 is 0. The van der Waals surface area contributed by atoms with E-state index in [2.05, 4.69) is 48.5 Å². The summed E-state index contributed by atoms with van der Waals surface area (Å²) in [6.07, 6.45) is 47.1. The number of unbranched alkanes of at least 4 members (excludes halogenated alkanes) is 36. The van der Waals surface area contributed by atoms with E-state index in [1.54, 1.807) is 0 Å². The maximum atomic E-state index is 13.0. The van der Waals surface area contributed by atoms with E-state index in [0.29, 0.717) is 25.7 Å². The van der Waals surface area contributed by atoms with Crippen LogP contribution in [0.3, 0.4) is 0 Å². The number of ether oxygens (including phenoxy) is 4. The van der Waals surface area contributed by atoms with Crippen molar-refractivity contribution in [2.45, 2.75) is 381 Å². The summed E-state index contributed by atoms with van der Waals surface area (Å²) in [5, 5.41) is 10.6. The topological polar surface area (TPSA) is 237 Å². The molecule has 0 spiro atoms. The van der Waals surface area contributed by atoms with Crippen LogP contribution in [0.15, 0.2) is 0 Å². The van der Waals surface area contributed by atoms with Gasteiger partial charge < -0.3 is 33.8 Å². The van der Waals surface area contributed by atoms with E-state index in [-0.39, 0.29) is 25.7 Å². The van der Waals surface area contributed by atoms with Crippen molar-refractivity contribution >= 4 is 39.5 Å². The number of esters is 4. The van der Waals surface area contributed by atoms with Gasteiger partial charge in [0.15, 0.2) is 12.2 Å². The fourth-order valence-corrected chi connectivity index (χ4v) is 12.4. The Bertz CT molecular complexity index is 1790. The molecule has 540 valence electrons. The average molecular weight is 1340 g/mol. The summed E-state index contributed by atoms with van der Waals surface area (Å²) < 4.78 is 68.4. The lowest BCUT2D eigenvalue weighted by molar-refractivity contribution is -0.161. The quantitative estimate of drug-likeness (QED) is 0.0222. The zero-order valence-corrected chi connectivity index (χ0v) is 61.1. The first kappa shape index (κ1) is 89.1. The number of phosphoric ester groups is 2. The number of rotatable bonds is 70. The maximum Gasteiger partial charge on any atom is 0.472 e. The maximum absolute atomic E-state index is 13.0. The summed E-state index contributed by atoms with van der Waals surface area (Å²) in [5.41, 5.74) is 0. The summed E-state index contributed by atoms with van der Waals surface area (Å²) in [4.78, 5) is 72.6. The number of phosphoric acid groups is 2. The van der Waals surface area contributed by atoms with Crippen molar-refractivity contribution in [3.63, 3.8) is 0 Å². The lowest BCUT2D eigenvalue weighted by Crippen LogP contribution is -2.30. The zero-order valence-electron chi connectivity index (χ0n) is 59.3. The molecule has 0 bridgehead atoms. The molecular weight excluding hydrogens is 1200 g/mol. The molecule has 0 aromatic heterocycles. The van der Waals surface area contributed by atoms with Gasteiger partial charge in [-0.3, -0.25) is 37.3 Å². The molecule has 0 radical (unpaired) electrons. The van der Waals surface area contributed by atoms with Crippen LogP contribution < -0.4 is 0 Å². The second kappa shape index (κ2) is 62.8. The Labute approximate surface area is 556 Å². The predicted octanol–water partition coefficient (Wildman–Crippen LogP) is 20.6. The van der Waals surface area contributed by atoms with Gasteiger partial charge in [0.05, 0.1) is 26.4 Å². The highest BCUT2D eigenvalue weighted by molar-refractivity contribution is 7.47. The van der Waals surface area contributed by atoms with Crippen molar-refractivity contribution in [3.8, 4) is 0 Å². The minimum Gasteiger partial charge on any atom is -0.462 e. The zero-order chi connectivity index (χ0) is 67.3. The van der Waals surface area contributed by atoms with Gasteiger partial charge in [0.1, 0.15) is 19.3 Å². The van der Waals surface area contributed by atoms with Gasteiger partial charge in [0.2, 0.25) is 0 Å². The van der Waals surface area contributed by atoms with Crippen molar-refractivity contribution in [2.24, 2.45) is 17.8 Å². The van der Waals surface area contributed by atoms with Crippen LogP contribution in [-0.4, -0.2) is 96.7 Å². The van der Waals surface area contributed by atoms with E-state index < -0.39 is 97.5 Å². The van der Waals surface area contributed by atoms with Crippen molar-refractivity contribution in [3.05, 3.63) is 0 Å². The van der Waals surface area contributed by atoms with E-state index in [1.807, 2.05) is 0 Å². The monoisotopic (exact) mass is 1340 g/mol. The third kappa shape index (κ3) is 63.9. The first-order valence-electron chi connectivity index (χ1n) is 37.4. The number of aliphatic hydroxyl groups is 1. The molecule has 0 fully saturated rings. The van der Waals surface area contributed by atoms with Gasteiger partial charge in [0.25, 0.3) is 0 Å². The molecule has 7 atom stereocenters. The molecule has 0 rings (SSSR count). The van der Waals surface area contributed by atoms with Gasteiger partial charge in [-0.25, -0.2) is 9.13 Å². The molecule has 0 saturated heterocycles. The van der Waals surface area contributed by atoms with Crippen LogP contribution in [0, 0.1) is 17.8 Å². The Morgan fingerprint density at radius 1 is 0.319 bits per heavy atom. The van der Waals surface area contributed by atoms with Crippen molar-refractivity contribution in [1.82, 2.24) is 0 Å². The van der Waals surface area contributed by atoms with Gasteiger partial charge in [-0.2, -0.15) is 0 Å². The van der Waals surface area contributed by atoms with Crippen LogP contribution in [0.25, 0.3) is 0 Å². The average Bonchev–Trinajstić information content (AvgIpc) is 2.93. The lowest BCUT2D eigenvalue weighted by Gasteiger charge is -2.21. The third-order valence-corrected chi connectivity index (χ3v) is 19.3. The Kier molecular flexibility index (Phi) is 61.5. The largest absolute Gasteiger partial charge is 0.472 e. The molecule has 0 aromatic rings. The Morgan fingerprint density at radius 2 is 0.560 bits per heavy atom. The SMILES string of the molecule is CCCCCCCCCCCCCCCC(=O)OC[C@H](COP(=O)(O)OC[C@@H](O)COP(=O)(O)OC[C@@H](COC(=O)CCCCCCCCC(C)CC)OC(=O)CCCCCCCCCCC(C)CC)OC(=O)CCCCCCCCCCCCCCCC(C)C. The van der Waals surface area contributed by atoms with Gasteiger partial charge in [-0.05, 0) is 43.4 Å². The normalized spacial score (nSPS) is 14.8. The van der Waals surface area contributed by atoms with E-state index in [4.69, 9.17) is 37.0 Å². The molecule has 3 N–H and O–H groups in total. The first-order valence-corrected chi connectivity index (χ1v) is 40.4. The molecule has 0 saturated carbocycles. The fraction of sp³-hybridized carbons (Fsp3) is 0.944. The molecule has 91 heavy (non-hydrogen) atoms. The van der Waals surface area contributed by atoms with Crippen LogP contribution in [0.5, 0.6) is 0 Å². The number of hydrogen-bond acceptors (Lipinski definition) is 15. The summed E-state index contributed by atoms with van der Waals surface area (Å²) in [6.45, 7) is 11.8. The van der Waals surface area contributed by atoms with E-state index in [9.17, 15) is 43.2 Å². The van der Waals surface area contributed by atoms with Crippen molar-refractivity contribution < 1.29 is 80.2 Å². The summed E-state index contributed by atoms with van der Waals surface area (Å²) in [5.74, 6) is 0.162. The summed E-state index contributed by atoms with van der Waals surface area (Å²) in [7, 11) is -9.91. The molecule has 0 aliphatic rings. The van der Waals surface area contributed by atoms with E-state index in [0.717, 1.165) is 114 Å². The van der Waals surface area contributed by atoms with Crippen LogP contribution >= 0.6 is 15.6 Å². The Hall–Kier alpha value is -1.94. The molecule has 19 heteroatoms. The highest BCUT2D eigenvalue weighted by Gasteiger charge is 2.30. The minimum absolute atomic E-state index is 0.104. The lowest BCUT2D eigenvalue weighted by atomic mass is 9.99. The third-order valence-electron chi connectivity index (χ3n) is 17.4. The minimum atomic E-state index is -4.95. The standard InChI is InChI=1S/C72H140O17P2/c1-8-11-12-13-14-15-16-18-22-25-31-39-46-53-69(74)82-59-67(88-71(76)55-48-41-32-26-23-20-17-19-21-24-29-36-43-50-63(4)5)61-86-90(78,79)84-57-66(73)58-85-91(80,81)87-62-68(60-83-70(75)54-47-40-35-34-38-45-52-65(7)10-3)89-72(77)56-49-42-33-28-27-30-37-44-51-64(6)9-2/h63-68,73H,8-62H2,1-7H3,(H,78,79)(H,80,81)/t64?,65?,66-,67-,68-/m1/s1. The second-order valence-electron chi connectivity index (χ2n) is 26.9. The number of carbonyl (C=O) groups is 4. The number of hydrogen-bond donors (Lipinski definition) is 3. The molecule has 17 nitrogen and oxygen atoms in total. The molecule has 0 aromatic carbocycles. The highest BCUT2D eigenvalue weighted by atomic mass is 31.2. The predicted molar refractivity (Wildman–Crippen MR) is 368 cm³/mol. The molecule has 0 aliphatic carbocycles. The van der Waals surface area contributed by atoms with E-state index >= 15 is 0 Å². The van der Waals surface area contributed by atoms with Crippen LogP contribution in [0.1, 0.15) is 363 Å². The second-order valence-corrected chi connectivity index (χ2v) is 29.8. The highest BCUT2D eigenvalue weighted by Crippen LogP contribution is 2.45. The van der Waals surface area contributed by atoms with Gasteiger partial charge in [-0.15, -0.1) is 0 Å². The molecular formula is C72H140O17P2. The summed E-state index contributed by atoms with van der Waals surface area (Å²) in [6, 6.07) is 0. The number of carbonyl (C=O) groups excluding carboxylic acids is 4. The smallest absolute Gasteiger partial charge is 0.462 e. The molecule has 0 heterocycles. The Morgan fingerprint density at radius 3 is 0.835 bits per heavy atom. The van der Waals surface area contributed by atoms with Gasteiger partial charge >= 0.3 is 39.5 Å². The van der Waals surface area contributed by atoms with Crippen LogP contribution in [-0.2, 0) is 65.4 Å². The van der Waals surface area contributed by atoms with Crippen LogP contribution in [0.4, 0.5) is 0 Å². The van der Waals surface area contributed by atoms with E-state index in [1.165, 1.54) is 167 Å². The van der Waals surface area contributed by atoms with Gasteiger partial charge in [-0.1, -0.05) is 312 Å².